The SMILES string of the molecule is CN1CCCC1Cc1c[nH]c2ccc(Nc3c(Cl)cccc3[N+](=O)[O-])cc12. The zero-order chi connectivity index (χ0) is 19.0. The number of aromatic amines is 1. The average molecular weight is 385 g/mol. The molecule has 27 heavy (non-hydrogen) atoms. The molecule has 140 valence electrons. The molecule has 0 bridgehead atoms. The number of fused-ring (bicyclic) bond motifs is 1. The van der Waals surface area contributed by atoms with Crippen molar-refractivity contribution in [2.24, 2.45) is 0 Å². The van der Waals surface area contributed by atoms with Gasteiger partial charge in [0.25, 0.3) is 5.69 Å². The van der Waals surface area contributed by atoms with Gasteiger partial charge in [-0.1, -0.05) is 17.7 Å². The van der Waals surface area contributed by atoms with Gasteiger partial charge < -0.3 is 15.2 Å². The second-order valence-electron chi connectivity index (χ2n) is 7.07. The summed E-state index contributed by atoms with van der Waals surface area (Å²) in [5, 5.41) is 15.9. The number of likely N-dealkylation sites (tertiary alicyclic amines) is 1. The highest BCUT2D eigenvalue weighted by atomic mass is 35.5. The first-order chi connectivity index (χ1) is 13.0. The van der Waals surface area contributed by atoms with Crippen LogP contribution in [0, 0.1) is 10.1 Å². The maximum Gasteiger partial charge on any atom is 0.294 e. The Hall–Kier alpha value is -2.57. The van der Waals surface area contributed by atoms with Gasteiger partial charge in [-0.05, 0) is 62.7 Å². The molecule has 1 aliphatic heterocycles. The predicted octanol–water partition coefficient (Wildman–Crippen LogP) is 5.11. The van der Waals surface area contributed by atoms with Gasteiger partial charge in [-0.2, -0.15) is 0 Å². The number of nitrogens with zero attached hydrogens (tertiary/aromatic N) is 2. The highest BCUT2D eigenvalue weighted by molar-refractivity contribution is 6.34. The van der Waals surface area contributed by atoms with E-state index in [4.69, 9.17) is 11.6 Å². The summed E-state index contributed by atoms with van der Waals surface area (Å²) >= 11 is 6.20. The minimum absolute atomic E-state index is 0.0375. The number of benzene rings is 2. The molecular formula is C20H21ClN4O2. The zero-order valence-electron chi connectivity index (χ0n) is 15.0. The number of hydrogen-bond acceptors (Lipinski definition) is 4. The molecule has 2 aromatic carbocycles. The van der Waals surface area contributed by atoms with E-state index in [1.54, 1.807) is 12.1 Å². The van der Waals surface area contributed by atoms with Crippen molar-refractivity contribution >= 4 is 39.6 Å². The number of aromatic nitrogens is 1. The Morgan fingerprint density at radius 2 is 2.22 bits per heavy atom. The van der Waals surface area contributed by atoms with Crippen molar-refractivity contribution in [3.05, 3.63) is 63.3 Å². The van der Waals surface area contributed by atoms with E-state index in [9.17, 15) is 10.1 Å². The van der Waals surface area contributed by atoms with Crippen LogP contribution < -0.4 is 5.32 Å². The van der Waals surface area contributed by atoms with Gasteiger partial charge in [0.1, 0.15) is 5.69 Å². The van der Waals surface area contributed by atoms with Crippen LogP contribution >= 0.6 is 11.6 Å². The Morgan fingerprint density at radius 3 is 2.96 bits per heavy atom. The number of hydrogen-bond donors (Lipinski definition) is 2. The molecular weight excluding hydrogens is 364 g/mol. The van der Waals surface area contributed by atoms with Gasteiger partial charge >= 0.3 is 0 Å². The summed E-state index contributed by atoms with van der Waals surface area (Å²) in [6.07, 6.45) is 5.52. The van der Waals surface area contributed by atoms with Crippen LogP contribution in [0.25, 0.3) is 10.9 Å². The first kappa shape index (κ1) is 17.8. The minimum atomic E-state index is -0.426. The van der Waals surface area contributed by atoms with E-state index in [2.05, 4.69) is 28.4 Å². The Kier molecular flexibility index (Phi) is 4.76. The third kappa shape index (κ3) is 3.50. The quantitative estimate of drug-likeness (QED) is 0.473. The maximum absolute atomic E-state index is 11.3. The number of anilines is 2. The summed E-state index contributed by atoms with van der Waals surface area (Å²) in [6.45, 7) is 1.15. The van der Waals surface area contributed by atoms with E-state index in [-0.39, 0.29) is 5.69 Å². The lowest BCUT2D eigenvalue weighted by Gasteiger charge is -2.18. The lowest BCUT2D eigenvalue weighted by atomic mass is 10.0. The average Bonchev–Trinajstić information content (AvgIpc) is 3.23. The molecule has 1 saturated heterocycles. The maximum atomic E-state index is 11.3. The van der Waals surface area contributed by atoms with Crippen LogP contribution in [0.5, 0.6) is 0 Å². The van der Waals surface area contributed by atoms with Crippen LogP contribution in [0.3, 0.4) is 0 Å². The smallest absolute Gasteiger partial charge is 0.294 e. The first-order valence-corrected chi connectivity index (χ1v) is 9.41. The number of likely N-dealkylation sites (N-methyl/N-ethyl adjacent to an activating group) is 1. The van der Waals surface area contributed by atoms with Gasteiger partial charge in [0.15, 0.2) is 0 Å². The number of nitro groups is 1. The van der Waals surface area contributed by atoms with E-state index in [0.29, 0.717) is 16.8 Å². The van der Waals surface area contributed by atoms with Crippen molar-refractivity contribution in [3.63, 3.8) is 0 Å². The molecule has 0 saturated carbocycles. The molecule has 2 heterocycles. The molecule has 0 aliphatic carbocycles. The summed E-state index contributed by atoms with van der Waals surface area (Å²) in [7, 11) is 2.18. The molecule has 0 radical (unpaired) electrons. The number of nitro benzene ring substituents is 1. The highest BCUT2D eigenvalue weighted by Gasteiger charge is 2.22. The Morgan fingerprint density at radius 1 is 1.37 bits per heavy atom. The number of para-hydroxylation sites is 1. The second-order valence-corrected chi connectivity index (χ2v) is 7.48. The summed E-state index contributed by atoms with van der Waals surface area (Å²) in [5.41, 5.74) is 3.38. The van der Waals surface area contributed by atoms with Crippen LogP contribution in [0.1, 0.15) is 18.4 Å². The van der Waals surface area contributed by atoms with Crippen molar-refractivity contribution in [1.82, 2.24) is 9.88 Å². The largest absolute Gasteiger partial charge is 0.361 e. The summed E-state index contributed by atoms with van der Waals surface area (Å²) in [5.74, 6) is 0. The molecule has 1 aromatic heterocycles. The molecule has 1 aliphatic rings. The molecule has 4 rings (SSSR count). The Bertz CT molecular complexity index is 1000. The summed E-state index contributed by atoms with van der Waals surface area (Å²) in [4.78, 5) is 16.6. The molecule has 1 fully saturated rings. The van der Waals surface area contributed by atoms with Crippen molar-refractivity contribution in [2.75, 3.05) is 18.9 Å². The van der Waals surface area contributed by atoms with E-state index in [1.807, 2.05) is 18.2 Å². The molecule has 0 amide bonds. The normalized spacial score (nSPS) is 17.5. The fraction of sp³-hybridized carbons (Fsp3) is 0.300. The third-order valence-corrected chi connectivity index (χ3v) is 5.67. The van der Waals surface area contributed by atoms with E-state index < -0.39 is 4.92 Å². The molecule has 7 heteroatoms. The summed E-state index contributed by atoms with van der Waals surface area (Å²) in [6, 6.07) is 11.2. The topological polar surface area (TPSA) is 74.2 Å². The van der Waals surface area contributed by atoms with E-state index >= 15 is 0 Å². The van der Waals surface area contributed by atoms with Gasteiger partial charge in [-0.25, -0.2) is 0 Å². The second kappa shape index (κ2) is 7.21. The number of rotatable bonds is 5. The third-order valence-electron chi connectivity index (χ3n) is 5.35. The van der Waals surface area contributed by atoms with E-state index in [1.165, 1.54) is 24.5 Å². The first-order valence-electron chi connectivity index (χ1n) is 9.03. The number of halogens is 1. The van der Waals surface area contributed by atoms with Gasteiger partial charge in [-0.15, -0.1) is 0 Å². The van der Waals surface area contributed by atoms with Crippen LogP contribution in [-0.4, -0.2) is 34.4 Å². The van der Waals surface area contributed by atoms with Gasteiger partial charge in [0, 0.05) is 34.9 Å². The predicted molar refractivity (Wildman–Crippen MR) is 109 cm³/mol. The Labute approximate surface area is 162 Å². The van der Waals surface area contributed by atoms with Crippen LogP contribution in [0.4, 0.5) is 17.1 Å². The molecule has 2 N–H and O–H groups in total. The molecule has 6 nitrogen and oxygen atoms in total. The van der Waals surface area contributed by atoms with Crippen molar-refractivity contribution < 1.29 is 4.92 Å². The van der Waals surface area contributed by atoms with Crippen LogP contribution in [0.15, 0.2) is 42.6 Å². The lowest BCUT2D eigenvalue weighted by molar-refractivity contribution is -0.383. The minimum Gasteiger partial charge on any atom is -0.361 e. The monoisotopic (exact) mass is 384 g/mol. The lowest BCUT2D eigenvalue weighted by Crippen LogP contribution is -2.26. The molecule has 0 spiro atoms. The fourth-order valence-corrected chi connectivity index (χ4v) is 4.07. The standard InChI is InChI=1S/C20H21ClN4O2/c1-24-9-3-4-15(24)10-13-12-22-18-8-7-14(11-16(13)18)23-20-17(21)5-2-6-19(20)25(26)27/h2,5-8,11-12,15,22-23H,3-4,9-10H2,1H3. The summed E-state index contributed by atoms with van der Waals surface area (Å²) < 4.78 is 0. The van der Waals surface area contributed by atoms with E-state index in [0.717, 1.165) is 29.6 Å². The van der Waals surface area contributed by atoms with Crippen molar-refractivity contribution in [2.45, 2.75) is 25.3 Å². The van der Waals surface area contributed by atoms with Gasteiger partial charge in [-0.3, -0.25) is 10.1 Å². The van der Waals surface area contributed by atoms with Crippen LogP contribution in [0.2, 0.25) is 5.02 Å². The Balaban J connectivity index is 1.66. The number of nitrogens with one attached hydrogen (secondary N) is 2. The van der Waals surface area contributed by atoms with Gasteiger partial charge in [0.2, 0.25) is 0 Å². The fourth-order valence-electron chi connectivity index (χ4n) is 3.85. The number of H-pyrrole nitrogens is 1. The van der Waals surface area contributed by atoms with Crippen molar-refractivity contribution in [3.8, 4) is 0 Å². The molecule has 3 aromatic rings. The molecule has 1 atom stereocenters. The van der Waals surface area contributed by atoms with Gasteiger partial charge in [0.05, 0.1) is 9.95 Å². The van der Waals surface area contributed by atoms with Crippen LogP contribution in [-0.2, 0) is 6.42 Å². The van der Waals surface area contributed by atoms with Crippen molar-refractivity contribution in [1.29, 1.82) is 0 Å². The highest BCUT2D eigenvalue weighted by Crippen LogP contribution is 2.35. The molecule has 1 unspecified atom stereocenters. The zero-order valence-corrected chi connectivity index (χ0v) is 15.8.